The maximum atomic E-state index is 12.6. The predicted octanol–water partition coefficient (Wildman–Crippen LogP) is 3.67. The number of amides is 1. The van der Waals surface area contributed by atoms with Crippen LogP contribution in [0.5, 0.6) is 0 Å². The lowest BCUT2D eigenvalue weighted by Crippen LogP contribution is -2.41. The maximum absolute atomic E-state index is 12.6. The Kier molecular flexibility index (Phi) is 3.95. The highest BCUT2D eigenvalue weighted by molar-refractivity contribution is 6.02. The molecule has 1 atom stereocenters. The molecule has 7 nitrogen and oxygen atoms in total. The average molecular weight is 362 g/mol. The van der Waals surface area contributed by atoms with E-state index in [-0.39, 0.29) is 17.4 Å². The molecule has 0 aliphatic carbocycles. The van der Waals surface area contributed by atoms with Crippen molar-refractivity contribution in [3.8, 4) is 11.3 Å². The lowest BCUT2D eigenvalue weighted by Gasteiger charge is -2.27. The molecule has 0 aliphatic rings. The number of aromatic nitrogens is 5. The normalized spacial score (nSPS) is 13.2. The summed E-state index contributed by atoms with van der Waals surface area (Å²) in [6.45, 7) is 8.27. The Hall–Kier alpha value is -3.22. The number of hydrogen-bond acceptors (Lipinski definition) is 4. The molecule has 0 saturated heterocycles. The molecule has 27 heavy (non-hydrogen) atoms. The van der Waals surface area contributed by atoms with Crippen LogP contribution in [-0.4, -0.2) is 37.1 Å². The van der Waals surface area contributed by atoms with Crippen molar-refractivity contribution in [3.05, 3.63) is 42.5 Å². The van der Waals surface area contributed by atoms with Crippen molar-refractivity contribution in [3.63, 3.8) is 0 Å². The molecule has 3 heterocycles. The summed E-state index contributed by atoms with van der Waals surface area (Å²) in [5.41, 5.74) is 4.19. The van der Waals surface area contributed by atoms with E-state index in [0.29, 0.717) is 5.82 Å². The first-order valence-corrected chi connectivity index (χ1v) is 8.92. The van der Waals surface area contributed by atoms with E-state index in [0.717, 1.165) is 33.2 Å². The number of carbonyl (C=O) groups excluding carboxylic acids is 1. The van der Waals surface area contributed by atoms with Crippen molar-refractivity contribution in [2.75, 3.05) is 0 Å². The fourth-order valence-electron chi connectivity index (χ4n) is 2.84. The van der Waals surface area contributed by atoms with E-state index in [9.17, 15) is 4.79 Å². The molecule has 0 bridgehead atoms. The maximum Gasteiger partial charge on any atom is 0.287 e. The summed E-state index contributed by atoms with van der Waals surface area (Å²) in [5, 5.41) is 11.4. The third-order valence-corrected chi connectivity index (χ3v) is 4.98. The molecule has 4 rings (SSSR count). The molecule has 0 radical (unpaired) electrons. The second kappa shape index (κ2) is 6.19. The number of aromatic amines is 2. The van der Waals surface area contributed by atoms with Crippen LogP contribution in [0.4, 0.5) is 0 Å². The first-order chi connectivity index (χ1) is 12.8. The predicted molar refractivity (Wildman–Crippen MR) is 105 cm³/mol. The minimum absolute atomic E-state index is 0.0234. The van der Waals surface area contributed by atoms with Gasteiger partial charge in [0.2, 0.25) is 0 Å². The van der Waals surface area contributed by atoms with Gasteiger partial charge in [0, 0.05) is 29.4 Å². The molecule has 3 aromatic heterocycles. The molecule has 1 amide bonds. The van der Waals surface area contributed by atoms with Gasteiger partial charge in [0.05, 0.1) is 16.6 Å². The zero-order valence-electron chi connectivity index (χ0n) is 15.8. The fraction of sp³-hybridized carbons (Fsp3) is 0.300. The van der Waals surface area contributed by atoms with Gasteiger partial charge in [-0.3, -0.25) is 14.9 Å². The standard InChI is InChI=1S/C20H22N6O/c1-11(20(2,3)4)22-19(27)18-23-15-9-13-14(10-16(15)24-18)25-26-17(13)12-5-7-21-8-6-12/h5-11H,1-4H3,(H,22,27)(H,23,24)(H,25,26)/t11-/m1/s1. The van der Waals surface area contributed by atoms with Gasteiger partial charge in [-0.1, -0.05) is 20.8 Å². The Bertz CT molecular complexity index is 1120. The van der Waals surface area contributed by atoms with Gasteiger partial charge in [-0.05, 0) is 36.6 Å². The summed E-state index contributed by atoms with van der Waals surface area (Å²) in [5.74, 6) is 0.108. The van der Waals surface area contributed by atoms with Gasteiger partial charge < -0.3 is 10.3 Å². The van der Waals surface area contributed by atoms with Crippen molar-refractivity contribution in [1.82, 2.24) is 30.5 Å². The van der Waals surface area contributed by atoms with Gasteiger partial charge >= 0.3 is 0 Å². The largest absolute Gasteiger partial charge is 0.346 e. The number of H-pyrrole nitrogens is 2. The van der Waals surface area contributed by atoms with Crippen molar-refractivity contribution in [2.45, 2.75) is 33.7 Å². The highest BCUT2D eigenvalue weighted by atomic mass is 16.2. The van der Waals surface area contributed by atoms with Crippen LogP contribution in [0.15, 0.2) is 36.7 Å². The number of fused-ring (bicyclic) bond motifs is 2. The van der Waals surface area contributed by atoms with Gasteiger partial charge in [-0.15, -0.1) is 0 Å². The van der Waals surface area contributed by atoms with Crippen LogP contribution in [0.1, 0.15) is 38.3 Å². The average Bonchev–Trinajstić information content (AvgIpc) is 3.22. The van der Waals surface area contributed by atoms with Gasteiger partial charge in [0.15, 0.2) is 5.82 Å². The van der Waals surface area contributed by atoms with Crippen molar-refractivity contribution < 1.29 is 4.79 Å². The SMILES string of the molecule is C[C@@H](NC(=O)c1nc2cc3c(-c4ccncc4)n[nH]c3cc2[nH]1)C(C)(C)C. The number of benzene rings is 1. The van der Waals surface area contributed by atoms with Gasteiger partial charge in [-0.2, -0.15) is 5.10 Å². The van der Waals surface area contributed by atoms with E-state index in [1.165, 1.54) is 0 Å². The molecular weight excluding hydrogens is 340 g/mol. The van der Waals surface area contributed by atoms with E-state index in [2.05, 4.69) is 51.2 Å². The first-order valence-electron chi connectivity index (χ1n) is 8.92. The quantitative estimate of drug-likeness (QED) is 0.518. The molecule has 0 fully saturated rings. The van der Waals surface area contributed by atoms with Crippen LogP contribution in [0, 0.1) is 5.41 Å². The van der Waals surface area contributed by atoms with Crippen LogP contribution in [0.2, 0.25) is 0 Å². The minimum Gasteiger partial charge on any atom is -0.346 e. The second-order valence-corrected chi connectivity index (χ2v) is 7.87. The number of hydrogen-bond donors (Lipinski definition) is 3. The second-order valence-electron chi connectivity index (χ2n) is 7.87. The number of rotatable bonds is 3. The molecule has 3 N–H and O–H groups in total. The summed E-state index contributed by atoms with van der Waals surface area (Å²) in [6, 6.07) is 7.73. The van der Waals surface area contributed by atoms with Crippen LogP contribution < -0.4 is 5.32 Å². The van der Waals surface area contributed by atoms with Gasteiger partial charge in [0.1, 0.15) is 5.69 Å². The monoisotopic (exact) mass is 362 g/mol. The number of carbonyl (C=O) groups is 1. The van der Waals surface area contributed by atoms with E-state index in [1.807, 2.05) is 31.2 Å². The lowest BCUT2D eigenvalue weighted by molar-refractivity contribution is 0.0901. The summed E-state index contributed by atoms with van der Waals surface area (Å²) in [4.78, 5) is 24.2. The zero-order chi connectivity index (χ0) is 19.2. The van der Waals surface area contributed by atoms with Crippen LogP contribution in [0.25, 0.3) is 33.2 Å². The smallest absolute Gasteiger partial charge is 0.287 e. The Morgan fingerprint density at radius 2 is 1.89 bits per heavy atom. The minimum atomic E-state index is -0.204. The Labute approximate surface area is 156 Å². The molecule has 0 spiro atoms. The fourth-order valence-corrected chi connectivity index (χ4v) is 2.84. The summed E-state index contributed by atoms with van der Waals surface area (Å²) < 4.78 is 0. The Morgan fingerprint density at radius 3 is 2.59 bits per heavy atom. The van der Waals surface area contributed by atoms with Crippen molar-refractivity contribution in [2.24, 2.45) is 5.41 Å². The number of imidazole rings is 1. The summed E-state index contributed by atoms with van der Waals surface area (Å²) in [7, 11) is 0. The van der Waals surface area contributed by atoms with Gasteiger partial charge in [0.25, 0.3) is 5.91 Å². The van der Waals surface area contributed by atoms with Crippen molar-refractivity contribution >= 4 is 27.8 Å². The van der Waals surface area contributed by atoms with Gasteiger partial charge in [-0.25, -0.2) is 4.98 Å². The van der Waals surface area contributed by atoms with Crippen LogP contribution in [0.3, 0.4) is 0 Å². The topological polar surface area (TPSA) is 99.3 Å². The first kappa shape index (κ1) is 17.2. The molecule has 1 aromatic carbocycles. The molecule has 4 aromatic rings. The molecule has 0 saturated carbocycles. The Balaban J connectivity index is 1.72. The van der Waals surface area contributed by atoms with E-state index in [4.69, 9.17) is 0 Å². The molecule has 7 heteroatoms. The summed E-state index contributed by atoms with van der Waals surface area (Å²) in [6.07, 6.45) is 3.48. The molecule has 0 aliphatic heterocycles. The van der Waals surface area contributed by atoms with Crippen LogP contribution in [-0.2, 0) is 0 Å². The van der Waals surface area contributed by atoms with E-state index >= 15 is 0 Å². The van der Waals surface area contributed by atoms with E-state index in [1.54, 1.807) is 12.4 Å². The molecule has 0 unspecified atom stereocenters. The third kappa shape index (κ3) is 3.16. The number of pyridine rings is 1. The Morgan fingerprint density at radius 1 is 1.15 bits per heavy atom. The molecule has 138 valence electrons. The number of nitrogens with zero attached hydrogens (tertiary/aromatic N) is 3. The third-order valence-electron chi connectivity index (χ3n) is 4.98. The summed E-state index contributed by atoms with van der Waals surface area (Å²) >= 11 is 0. The zero-order valence-corrected chi connectivity index (χ0v) is 15.8. The highest BCUT2D eigenvalue weighted by Crippen LogP contribution is 2.29. The van der Waals surface area contributed by atoms with E-state index < -0.39 is 0 Å². The van der Waals surface area contributed by atoms with Crippen molar-refractivity contribution in [1.29, 1.82) is 0 Å². The lowest BCUT2D eigenvalue weighted by atomic mass is 9.88. The number of nitrogens with one attached hydrogen (secondary N) is 3. The molecular formula is C20H22N6O. The van der Waals surface area contributed by atoms with Crippen LogP contribution >= 0.6 is 0 Å². The highest BCUT2D eigenvalue weighted by Gasteiger charge is 2.23.